The van der Waals surface area contributed by atoms with Crippen molar-refractivity contribution in [2.75, 3.05) is 44.7 Å². The van der Waals surface area contributed by atoms with Gasteiger partial charge in [0.1, 0.15) is 30.6 Å². The molecule has 4 aliphatic heterocycles. The van der Waals surface area contributed by atoms with E-state index < -0.39 is 5.82 Å². The lowest BCUT2D eigenvalue weighted by Gasteiger charge is -2.22. The third kappa shape index (κ3) is 4.70. The molecule has 0 unspecified atom stereocenters. The van der Waals surface area contributed by atoms with Gasteiger partial charge in [0, 0.05) is 31.6 Å². The second kappa shape index (κ2) is 9.81. The molecule has 2 aromatic rings. The van der Waals surface area contributed by atoms with E-state index in [1.165, 1.54) is 0 Å². The first kappa shape index (κ1) is 24.0. The van der Waals surface area contributed by atoms with E-state index in [4.69, 9.17) is 14.2 Å². The lowest BCUT2D eigenvalue weighted by Crippen LogP contribution is -2.37. The Kier molecular flexibility index (Phi) is 6.36. The Morgan fingerprint density at radius 3 is 2.89 bits per heavy atom. The smallest absolute Gasteiger partial charge is 0.262 e. The van der Waals surface area contributed by atoms with Crippen LogP contribution in [-0.4, -0.2) is 78.1 Å². The average molecular weight is 511 g/mol. The van der Waals surface area contributed by atoms with Gasteiger partial charge in [-0.15, -0.1) is 0 Å². The number of rotatable bonds is 6. The number of aromatic nitrogens is 1. The van der Waals surface area contributed by atoms with E-state index in [-0.39, 0.29) is 41.9 Å². The molecule has 2 amide bonds. The lowest BCUT2D eigenvalue weighted by molar-refractivity contribution is -0.116. The van der Waals surface area contributed by atoms with E-state index in [0.717, 1.165) is 31.5 Å². The SMILES string of the molecule is Cc1cc2c(c(OCCN3CCCC3)c1F)C(=O)N1C[C@@H](Oc3cc4c(cn3)CCC(=O)N4)C[C@@H]1CO2. The predicted molar refractivity (Wildman–Crippen MR) is 133 cm³/mol. The Balaban J connectivity index is 1.19. The summed E-state index contributed by atoms with van der Waals surface area (Å²) in [4.78, 5) is 33.8. The molecule has 5 heterocycles. The van der Waals surface area contributed by atoms with Crippen LogP contribution in [0.15, 0.2) is 18.3 Å². The monoisotopic (exact) mass is 510 g/mol. The molecule has 0 spiro atoms. The molecule has 1 N–H and O–H groups in total. The first-order valence-electron chi connectivity index (χ1n) is 13.0. The minimum atomic E-state index is -0.525. The predicted octanol–water partition coefficient (Wildman–Crippen LogP) is 2.94. The number of carbonyl (C=O) groups excluding carboxylic acids is 2. The van der Waals surface area contributed by atoms with Crippen LogP contribution in [0.5, 0.6) is 17.4 Å². The standard InChI is InChI=1S/C27H31FN4O5/c1-16-10-21-24(26(25(16)28)35-9-8-31-6-2-3-7-31)27(34)32-14-19(11-18(32)15-36-21)37-23-12-20-17(13-29-23)4-5-22(33)30-20/h10,12-13,18-19H,2-9,11,14-15H2,1H3,(H,30,33)/t18-,19+/m1/s1. The van der Waals surface area contributed by atoms with Crippen LogP contribution in [0.2, 0.25) is 0 Å². The first-order valence-corrected chi connectivity index (χ1v) is 13.0. The maximum Gasteiger partial charge on any atom is 0.262 e. The molecule has 4 aliphatic rings. The molecular weight excluding hydrogens is 479 g/mol. The number of nitrogens with one attached hydrogen (secondary N) is 1. The van der Waals surface area contributed by atoms with E-state index in [9.17, 15) is 9.59 Å². The van der Waals surface area contributed by atoms with Crippen molar-refractivity contribution in [1.29, 1.82) is 0 Å². The molecule has 2 fully saturated rings. The second-order valence-corrected chi connectivity index (χ2v) is 10.2. The van der Waals surface area contributed by atoms with Crippen LogP contribution < -0.4 is 19.5 Å². The molecule has 9 nitrogen and oxygen atoms in total. The third-order valence-electron chi connectivity index (χ3n) is 7.65. The fourth-order valence-corrected chi connectivity index (χ4v) is 5.64. The van der Waals surface area contributed by atoms with Crippen molar-refractivity contribution >= 4 is 17.5 Å². The van der Waals surface area contributed by atoms with Crippen LogP contribution in [0.4, 0.5) is 10.1 Å². The van der Waals surface area contributed by atoms with E-state index in [0.29, 0.717) is 61.8 Å². The highest BCUT2D eigenvalue weighted by Gasteiger charge is 2.42. The van der Waals surface area contributed by atoms with Gasteiger partial charge in [-0.3, -0.25) is 14.5 Å². The molecule has 0 aliphatic carbocycles. The quantitative estimate of drug-likeness (QED) is 0.639. The van der Waals surface area contributed by atoms with Gasteiger partial charge in [-0.25, -0.2) is 9.37 Å². The molecule has 2 saturated heterocycles. The minimum Gasteiger partial charge on any atom is -0.490 e. The zero-order valence-electron chi connectivity index (χ0n) is 20.9. The average Bonchev–Trinajstić information content (AvgIpc) is 3.52. The van der Waals surface area contributed by atoms with Gasteiger partial charge in [-0.1, -0.05) is 0 Å². The van der Waals surface area contributed by atoms with Crippen molar-refractivity contribution < 1.29 is 28.2 Å². The Hall–Kier alpha value is -3.40. The van der Waals surface area contributed by atoms with Crippen molar-refractivity contribution in [2.24, 2.45) is 0 Å². The summed E-state index contributed by atoms with van der Waals surface area (Å²) in [5.74, 6) is -0.145. The summed E-state index contributed by atoms with van der Waals surface area (Å²) < 4.78 is 33.3. The molecular formula is C27H31FN4O5. The minimum absolute atomic E-state index is 0.0266. The summed E-state index contributed by atoms with van der Waals surface area (Å²) in [6.45, 7) is 5.28. The molecule has 0 radical (unpaired) electrons. The Bertz CT molecular complexity index is 1230. The maximum atomic E-state index is 15.2. The second-order valence-electron chi connectivity index (χ2n) is 10.2. The molecule has 1 aromatic carbocycles. The van der Waals surface area contributed by atoms with Gasteiger partial charge in [0.2, 0.25) is 11.8 Å². The topological polar surface area (TPSA) is 93.2 Å². The molecule has 37 heavy (non-hydrogen) atoms. The van der Waals surface area contributed by atoms with Crippen LogP contribution in [0.3, 0.4) is 0 Å². The van der Waals surface area contributed by atoms with Crippen molar-refractivity contribution in [1.82, 2.24) is 14.8 Å². The van der Waals surface area contributed by atoms with Crippen LogP contribution >= 0.6 is 0 Å². The van der Waals surface area contributed by atoms with Gasteiger partial charge in [-0.2, -0.15) is 0 Å². The normalized spacial score (nSPS) is 23.0. The Morgan fingerprint density at radius 1 is 1.22 bits per heavy atom. The van der Waals surface area contributed by atoms with Crippen molar-refractivity contribution in [3.8, 4) is 17.4 Å². The van der Waals surface area contributed by atoms with Gasteiger partial charge in [-0.05, 0) is 56.5 Å². The molecule has 0 saturated carbocycles. The highest BCUT2D eigenvalue weighted by molar-refractivity contribution is 6.00. The Morgan fingerprint density at radius 2 is 2.05 bits per heavy atom. The van der Waals surface area contributed by atoms with Crippen LogP contribution in [0.1, 0.15) is 47.2 Å². The molecule has 196 valence electrons. The van der Waals surface area contributed by atoms with E-state index in [2.05, 4.69) is 15.2 Å². The number of hydrogen-bond donors (Lipinski definition) is 1. The number of benzene rings is 1. The molecule has 1 aromatic heterocycles. The zero-order chi connectivity index (χ0) is 25.5. The number of nitrogens with zero attached hydrogens (tertiary/aromatic N) is 3. The number of likely N-dealkylation sites (tertiary alicyclic amines) is 1. The summed E-state index contributed by atoms with van der Waals surface area (Å²) in [5.41, 5.74) is 2.21. The number of pyridine rings is 1. The lowest BCUT2D eigenvalue weighted by atomic mass is 10.1. The fraction of sp³-hybridized carbons (Fsp3) is 0.519. The largest absolute Gasteiger partial charge is 0.490 e. The Labute approximate surface area is 214 Å². The first-order chi connectivity index (χ1) is 18.0. The van der Waals surface area contributed by atoms with Crippen LogP contribution in [-0.2, 0) is 11.2 Å². The fourth-order valence-electron chi connectivity index (χ4n) is 5.64. The van der Waals surface area contributed by atoms with E-state index in [1.807, 2.05) is 0 Å². The van der Waals surface area contributed by atoms with Crippen molar-refractivity contribution in [3.63, 3.8) is 0 Å². The molecule has 10 heteroatoms. The number of carbonyl (C=O) groups is 2. The number of anilines is 1. The highest BCUT2D eigenvalue weighted by Crippen LogP contribution is 2.39. The van der Waals surface area contributed by atoms with E-state index >= 15 is 4.39 Å². The zero-order valence-corrected chi connectivity index (χ0v) is 20.9. The number of amides is 2. The summed E-state index contributed by atoms with van der Waals surface area (Å²) in [7, 11) is 0. The van der Waals surface area contributed by atoms with Gasteiger partial charge in [0.05, 0.1) is 18.3 Å². The maximum absolute atomic E-state index is 15.2. The van der Waals surface area contributed by atoms with Crippen LogP contribution in [0, 0.1) is 12.7 Å². The van der Waals surface area contributed by atoms with Crippen molar-refractivity contribution in [2.45, 2.75) is 51.2 Å². The summed E-state index contributed by atoms with van der Waals surface area (Å²) in [6, 6.07) is 3.09. The highest BCUT2D eigenvalue weighted by atomic mass is 19.1. The summed E-state index contributed by atoms with van der Waals surface area (Å²) in [6.07, 6.45) is 5.39. The van der Waals surface area contributed by atoms with Gasteiger partial charge in [0.25, 0.3) is 5.91 Å². The summed E-state index contributed by atoms with van der Waals surface area (Å²) in [5, 5.41) is 2.86. The van der Waals surface area contributed by atoms with Crippen LogP contribution in [0.25, 0.3) is 0 Å². The van der Waals surface area contributed by atoms with E-state index in [1.54, 1.807) is 30.2 Å². The van der Waals surface area contributed by atoms with Crippen molar-refractivity contribution in [3.05, 3.63) is 40.8 Å². The number of hydrogen-bond acceptors (Lipinski definition) is 7. The van der Waals surface area contributed by atoms with Gasteiger partial charge < -0.3 is 24.4 Å². The molecule has 2 atom stereocenters. The molecule has 6 rings (SSSR count). The number of aryl methyl sites for hydroxylation is 2. The van der Waals surface area contributed by atoms with Gasteiger partial charge >= 0.3 is 0 Å². The molecule has 0 bridgehead atoms. The van der Waals surface area contributed by atoms with Gasteiger partial charge in [0.15, 0.2) is 11.6 Å². The number of halogens is 1. The number of ether oxygens (including phenoxy) is 3. The summed E-state index contributed by atoms with van der Waals surface area (Å²) >= 11 is 0. The number of fused-ring (bicyclic) bond motifs is 3. The third-order valence-corrected chi connectivity index (χ3v) is 7.65.